The van der Waals surface area contributed by atoms with Crippen molar-refractivity contribution in [2.75, 3.05) is 11.4 Å². The van der Waals surface area contributed by atoms with Crippen molar-refractivity contribution in [1.82, 2.24) is 9.97 Å². The average Bonchev–Trinajstić information content (AvgIpc) is 3.31. The van der Waals surface area contributed by atoms with E-state index in [1.54, 1.807) is 24.5 Å². The smallest absolute Gasteiger partial charge is 0.225 e. The van der Waals surface area contributed by atoms with E-state index in [-0.39, 0.29) is 5.82 Å². The second kappa shape index (κ2) is 5.95. The normalized spacial score (nSPS) is 15.8. The molecule has 110 valence electrons. The van der Waals surface area contributed by atoms with Crippen LogP contribution in [0, 0.1) is 5.82 Å². The van der Waals surface area contributed by atoms with Gasteiger partial charge in [-0.15, -0.1) is 0 Å². The summed E-state index contributed by atoms with van der Waals surface area (Å²) in [6, 6.07) is 6.22. The van der Waals surface area contributed by atoms with Crippen molar-refractivity contribution in [1.29, 1.82) is 0 Å². The molecule has 0 amide bonds. The molecule has 0 radical (unpaired) electrons. The van der Waals surface area contributed by atoms with Crippen LogP contribution in [-0.2, 0) is 0 Å². The molecule has 0 spiro atoms. The maximum atomic E-state index is 12.9. The zero-order valence-corrected chi connectivity index (χ0v) is 12.0. The molecule has 6 heteroatoms. The van der Waals surface area contributed by atoms with Gasteiger partial charge >= 0.3 is 0 Å². The van der Waals surface area contributed by atoms with Crippen molar-refractivity contribution in [3.8, 4) is 0 Å². The van der Waals surface area contributed by atoms with Crippen LogP contribution in [0.15, 0.2) is 36.7 Å². The van der Waals surface area contributed by atoms with E-state index in [2.05, 4.69) is 9.97 Å². The fourth-order valence-electron chi connectivity index (χ4n) is 2.21. The summed E-state index contributed by atoms with van der Waals surface area (Å²) in [6.45, 7) is 0.373. The van der Waals surface area contributed by atoms with Gasteiger partial charge in [-0.2, -0.15) is 0 Å². The van der Waals surface area contributed by atoms with Crippen LogP contribution >= 0.6 is 11.6 Å². The third-order valence-corrected chi connectivity index (χ3v) is 3.67. The highest BCUT2D eigenvalue weighted by Crippen LogP contribution is 2.31. The Morgan fingerprint density at radius 1 is 1.24 bits per heavy atom. The van der Waals surface area contributed by atoms with Crippen LogP contribution in [0.1, 0.15) is 24.5 Å². The molecule has 1 fully saturated rings. The van der Waals surface area contributed by atoms with Crippen molar-refractivity contribution < 1.29 is 9.50 Å². The Morgan fingerprint density at radius 3 is 2.43 bits per heavy atom. The van der Waals surface area contributed by atoms with E-state index in [0.29, 0.717) is 29.1 Å². The molecular formula is C15H15ClFN3O. The lowest BCUT2D eigenvalue weighted by Crippen LogP contribution is -2.32. The van der Waals surface area contributed by atoms with Crippen LogP contribution in [0.3, 0.4) is 0 Å². The van der Waals surface area contributed by atoms with Crippen LogP contribution in [0.2, 0.25) is 5.02 Å². The first-order valence-electron chi connectivity index (χ1n) is 6.81. The van der Waals surface area contributed by atoms with E-state index in [0.717, 1.165) is 12.8 Å². The summed E-state index contributed by atoms with van der Waals surface area (Å²) >= 11 is 5.80. The van der Waals surface area contributed by atoms with Crippen molar-refractivity contribution in [3.05, 3.63) is 53.1 Å². The van der Waals surface area contributed by atoms with Gasteiger partial charge in [0.05, 0.1) is 30.1 Å². The van der Waals surface area contributed by atoms with E-state index in [1.807, 2.05) is 4.90 Å². The van der Waals surface area contributed by atoms with Gasteiger partial charge in [-0.25, -0.2) is 14.4 Å². The Morgan fingerprint density at radius 2 is 1.86 bits per heavy atom. The fourth-order valence-corrected chi connectivity index (χ4v) is 2.31. The summed E-state index contributed by atoms with van der Waals surface area (Å²) < 4.78 is 12.9. The molecule has 0 aliphatic heterocycles. The third-order valence-electron chi connectivity index (χ3n) is 3.48. The Hall–Kier alpha value is -1.72. The zero-order chi connectivity index (χ0) is 14.8. The molecule has 0 bridgehead atoms. The van der Waals surface area contributed by atoms with Gasteiger partial charge in [0.15, 0.2) is 0 Å². The number of rotatable bonds is 5. The van der Waals surface area contributed by atoms with Gasteiger partial charge in [0.1, 0.15) is 5.82 Å². The summed E-state index contributed by atoms with van der Waals surface area (Å²) in [6.07, 6.45) is 4.49. The quantitative estimate of drug-likeness (QED) is 0.922. The molecule has 1 aromatic heterocycles. The maximum absolute atomic E-state index is 12.9. The first-order valence-corrected chi connectivity index (χ1v) is 7.19. The second-order valence-electron chi connectivity index (χ2n) is 5.15. The number of hydrogen-bond acceptors (Lipinski definition) is 4. The van der Waals surface area contributed by atoms with Gasteiger partial charge < -0.3 is 10.0 Å². The van der Waals surface area contributed by atoms with Crippen LogP contribution in [0.5, 0.6) is 0 Å². The molecular weight excluding hydrogens is 293 g/mol. The fraction of sp³-hybridized carbons (Fsp3) is 0.333. The average molecular weight is 308 g/mol. The molecule has 1 aliphatic rings. The number of hydrogen-bond donors (Lipinski definition) is 1. The summed E-state index contributed by atoms with van der Waals surface area (Å²) in [5.41, 5.74) is 0.677. The first kappa shape index (κ1) is 14.2. The summed E-state index contributed by atoms with van der Waals surface area (Å²) in [5.74, 6) is 0.245. The lowest BCUT2D eigenvalue weighted by Gasteiger charge is -2.25. The van der Waals surface area contributed by atoms with Gasteiger partial charge in [-0.05, 0) is 30.5 Å². The molecule has 1 unspecified atom stereocenters. The van der Waals surface area contributed by atoms with Gasteiger partial charge in [-0.3, -0.25) is 0 Å². The van der Waals surface area contributed by atoms with Crippen LogP contribution < -0.4 is 4.90 Å². The Bertz CT molecular complexity index is 601. The monoisotopic (exact) mass is 307 g/mol. The number of anilines is 1. The number of halogens is 2. The van der Waals surface area contributed by atoms with Crippen molar-refractivity contribution >= 4 is 17.5 Å². The number of nitrogens with zero attached hydrogens (tertiary/aromatic N) is 3. The highest BCUT2D eigenvalue weighted by molar-refractivity contribution is 6.30. The topological polar surface area (TPSA) is 49.2 Å². The van der Waals surface area contributed by atoms with Gasteiger partial charge in [0.2, 0.25) is 5.95 Å². The van der Waals surface area contributed by atoms with Crippen molar-refractivity contribution in [2.24, 2.45) is 0 Å². The molecule has 1 saturated carbocycles. The number of aliphatic hydroxyl groups excluding tert-OH is 1. The molecule has 21 heavy (non-hydrogen) atoms. The zero-order valence-electron chi connectivity index (χ0n) is 11.3. The van der Waals surface area contributed by atoms with E-state index in [9.17, 15) is 9.50 Å². The maximum Gasteiger partial charge on any atom is 0.225 e. The molecule has 1 aromatic carbocycles. The predicted octanol–water partition coefficient (Wildman–Crippen LogP) is 2.97. The summed E-state index contributed by atoms with van der Waals surface area (Å²) in [5, 5.41) is 10.8. The largest absolute Gasteiger partial charge is 0.387 e. The van der Waals surface area contributed by atoms with Gasteiger partial charge in [-0.1, -0.05) is 23.7 Å². The first-order chi connectivity index (χ1) is 10.1. The second-order valence-corrected chi connectivity index (χ2v) is 5.59. The number of benzene rings is 1. The molecule has 1 aliphatic carbocycles. The number of aliphatic hydroxyl groups is 1. The molecule has 1 heterocycles. The van der Waals surface area contributed by atoms with Crippen molar-refractivity contribution in [2.45, 2.75) is 25.0 Å². The molecule has 2 aromatic rings. The van der Waals surface area contributed by atoms with Crippen LogP contribution in [0.25, 0.3) is 0 Å². The SMILES string of the molecule is OC(CN(c1ncc(Cl)cn1)C1CC1)c1ccc(F)cc1. The van der Waals surface area contributed by atoms with E-state index >= 15 is 0 Å². The highest BCUT2D eigenvalue weighted by Gasteiger charge is 2.32. The minimum absolute atomic E-state index is 0.314. The predicted molar refractivity (Wildman–Crippen MR) is 78.8 cm³/mol. The van der Waals surface area contributed by atoms with Gasteiger partial charge in [0.25, 0.3) is 0 Å². The third kappa shape index (κ3) is 3.49. The molecule has 3 rings (SSSR count). The van der Waals surface area contributed by atoms with Crippen LogP contribution in [-0.4, -0.2) is 27.7 Å². The van der Waals surface area contributed by atoms with Gasteiger partial charge in [0, 0.05) is 6.04 Å². The van der Waals surface area contributed by atoms with E-state index < -0.39 is 6.10 Å². The Balaban J connectivity index is 1.76. The number of aromatic nitrogens is 2. The molecule has 4 nitrogen and oxygen atoms in total. The summed E-state index contributed by atoms with van der Waals surface area (Å²) in [4.78, 5) is 10.4. The molecule has 1 N–H and O–H groups in total. The standard InChI is InChI=1S/C15H15ClFN3O/c16-11-7-18-15(19-8-11)20(13-5-6-13)9-14(21)10-1-3-12(17)4-2-10/h1-4,7-8,13-14,21H,5-6,9H2. The van der Waals surface area contributed by atoms with E-state index in [4.69, 9.17) is 11.6 Å². The Kier molecular flexibility index (Phi) is 4.03. The highest BCUT2D eigenvalue weighted by atomic mass is 35.5. The minimum atomic E-state index is -0.717. The molecule has 1 atom stereocenters. The Labute approximate surface area is 127 Å². The lowest BCUT2D eigenvalue weighted by atomic mass is 10.1. The van der Waals surface area contributed by atoms with E-state index in [1.165, 1.54) is 12.1 Å². The lowest BCUT2D eigenvalue weighted by molar-refractivity contribution is 0.182. The van der Waals surface area contributed by atoms with Crippen molar-refractivity contribution in [3.63, 3.8) is 0 Å². The van der Waals surface area contributed by atoms with Crippen LogP contribution in [0.4, 0.5) is 10.3 Å². The summed E-state index contributed by atoms with van der Waals surface area (Å²) in [7, 11) is 0. The molecule has 0 saturated heterocycles. The minimum Gasteiger partial charge on any atom is -0.387 e.